The quantitative estimate of drug-likeness (QED) is 0.838. The minimum atomic E-state index is -0.939. The highest BCUT2D eigenvalue weighted by Crippen LogP contribution is 2.25. The Hall–Kier alpha value is -2.28. The fraction of sp³-hybridized carbons (Fsp3) is 0.529. The highest BCUT2D eigenvalue weighted by Gasteiger charge is 2.28. The van der Waals surface area contributed by atoms with Gasteiger partial charge in [0.25, 0.3) is 0 Å². The molecule has 0 aliphatic heterocycles. The molecule has 1 aliphatic rings. The van der Waals surface area contributed by atoms with Crippen molar-refractivity contribution in [2.45, 2.75) is 58.7 Å². The predicted molar refractivity (Wildman–Crippen MR) is 88.9 cm³/mol. The second-order valence-electron chi connectivity index (χ2n) is 6.27. The normalized spacial score (nSPS) is 16.8. The summed E-state index contributed by atoms with van der Waals surface area (Å²) in [6.07, 6.45) is 7.00. The van der Waals surface area contributed by atoms with Crippen molar-refractivity contribution in [3.63, 3.8) is 0 Å². The van der Waals surface area contributed by atoms with Crippen LogP contribution in [0.25, 0.3) is 0 Å². The average Bonchev–Trinajstić information content (AvgIpc) is 2.93. The van der Waals surface area contributed by atoms with Gasteiger partial charge in [-0.05, 0) is 32.6 Å². The van der Waals surface area contributed by atoms with Gasteiger partial charge in [0.2, 0.25) is 0 Å². The van der Waals surface area contributed by atoms with E-state index in [0.717, 1.165) is 48.5 Å². The first-order valence-corrected chi connectivity index (χ1v) is 8.41. The molecular formula is C17H23N5O2. The van der Waals surface area contributed by atoms with Crippen LogP contribution in [-0.2, 0) is 25.9 Å². The molecule has 0 bridgehead atoms. The zero-order valence-electron chi connectivity index (χ0n) is 14.1. The zero-order valence-corrected chi connectivity index (χ0v) is 14.1. The third-order valence-corrected chi connectivity index (χ3v) is 4.39. The lowest BCUT2D eigenvalue weighted by Crippen LogP contribution is -2.35. The zero-order chi connectivity index (χ0) is 17.1. The lowest BCUT2D eigenvalue weighted by molar-refractivity contribution is 0.0688. The van der Waals surface area contributed by atoms with Gasteiger partial charge in [-0.2, -0.15) is 5.10 Å². The number of nitrogens with zero attached hydrogens (tertiary/aromatic N) is 4. The Morgan fingerprint density at radius 3 is 2.92 bits per heavy atom. The van der Waals surface area contributed by atoms with Crippen LogP contribution in [0.3, 0.4) is 0 Å². The second kappa shape index (κ2) is 7.09. The third-order valence-electron chi connectivity index (χ3n) is 4.39. The molecular weight excluding hydrogens is 306 g/mol. The van der Waals surface area contributed by atoms with E-state index in [2.05, 4.69) is 27.3 Å². The van der Waals surface area contributed by atoms with Crippen molar-refractivity contribution in [1.82, 2.24) is 25.1 Å². The molecule has 0 saturated carbocycles. The third kappa shape index (κ3) is 3.46. The highest BCUT2D eigenvalue weighted by molar-refractivity contribution is 5.87. The van der Waals surface area contributed by atoms with E-state index in [4.69, 9.17) is 0 Å². The topological polar surface area (TPSA) is 92.9 Å². The number of carbonyl (C=O) groups is 1. The van der Waals surface area contributed by atoms with E-state index in [1.165, 1.54) is 0 Å². The van der Waals surface area contributed by atoms with E-state index >= 15 is 0 Å². The molecule has 1 aliphatic carbocycles. The first-order valence-electron chi connectivity index (χ1n) is 8.41. The van der Waals surface area contributed by atoms with Gasteiger partial charge >= 0.3 is 5.97 Å². The number of rotatable bonds is 6. The molecule has 0 spiro atoms. The van der Waals surface area contributed by atoms with Crippen molar-refractivity contribution in [1.29, 1.82) is 0 Å². The smallest absolute Gasteiger partial charge is 0.356 e. The summed E-state index contributed by atoms with van der Waals surface area (Å²) in [6, 6.07) is 0.234. The van der Waals surface area contributed by atoms with E-state index in [0.29, 0.717) is 13.0 Å². The van der Waals surface area contributed by atoms with Gasteiger partial charge in [0, 0.05) is 42.8 Å². The van der Waals surface area contributed by atoms with Gasteiger partial charge in [-0.15, -0.1) is 0 Å². The molecule has 0 fully saturated rings. The molecule has 2 N–H and O–H groups in total. The van der Waals surface area contributed by atoms with Gasteiger partial charge in [0.05, 0.1) is 11.4 Å². The van der Waals surface area contributed by atoms with Gasteiger partial charge < -0.3 is 10.4 Å². The summed E-state index contributed by atoms with van der Waals surface area (Å²) in [5, 5.41) is 17.2. The number of fused-ring (bicyclic) bond motifs is 1. The molecule has 0 aromatic carbocycles. The van der Waals surface area contributed by atoms with E-state index < -0.39 is 5.97 Å². The summed E-state index contributed by atoms with van der Waals surface area (Å²) in [7, 11) is 0. The Balaban J connectivity index is 1.71. The summed E-state index contributed by atoms with van der Waals surface area (Å²) in [5.74, 6) is -0.939. The SMILES string of the molecule is CCCn1nc(C(=O)O)c2c1CC[C@@H](NCc1cnc(C)cn1)C2. The molecule has 0 unspecified atom stereocenters. The van der Waals surface area contributed by atoms with Gasteiger partial charge in [0.15, 0.2) is 5.69 Å². The molecule has 2 aromatic rings. The number of aromatic nitrogens is 4. The van der Waals surface area contributed by atoms with Crippen LogP contribution in [0.2, 0.25) is 0 Å². The monoisotopic (exact) mass is 329 g/mol. The van der Waals surface area contributed by atoms with Crippen molar-refractivity contribution in [2.24, 2.45) is 0 Å². The first kappa shape index (κ1) is 16.6. The van der Waals surface area contributed by atoms with Crippen LogP contribution in [-0.4, -0.2) is 36.9 Å². The van der Waals surface area contributed by atoms with Crippen molar-refractivity contribution in [3.8, 4) is 0 Å². The fourth-order valence-corrected chi connectivity index (χ4v) is 3.19. The summed E-state index contributed by atoms with van der Waals surface area (Å²) >= 11 is 0. The Morgan fingerprint density at radius 2 is 2.25 bits per heavy atom. The maximum absolute atomic E-state index is 11.5. The Morgan fingerprint density at radius 1 is 1.42 bits per heavy atom. The first-order chi connectivity index (χ1) is 11.6. The lowest BCUT2D eigenvalue weighted by Gasteiger charge is -2.24. The molecule has 0 saturated heterocycles. The van der Waals surface area contributed by atoms with E-state index in [1.807, 2.05) is 11.6 Å². The predicted octanol–water partition coefficient (Wildman–Crippen LogP) is 1.74. The number of aryl methyl sites for hydroxylation is 2. The van der Waals surface area contributed by atoms with Gasteiger partial charge in [-0.25, -0.2) is 4.79 Å². The number of carboxylic acids is 1. The van der Waals surface area contributed by atoms with Crippen LogP contribution in [0.5, 0.6) is 0 Å². The van der Waals surface area contributed by atoms with Crippen LogP contribution in [0.1, 0.15) is 52.9 Å². The Bertz CT molecular complexity index is 723. The summed E-state index contributed by atoms with van der Waals surface area (Å²) in [5.41, 5.74) is 3.97. The molecule has 24 heavy (non-hydrogen) atoms. The maximum Gasteiger partial charge on any atom is 0.356 e. The van der Waals surface area contributed by atoms with Crippen LogP contribution >= 0.6 is 0 Å². The van der Waals surface area contributed by atoms with E-state index in [9.17, 15) is 9.90 Å². The maximum atomic E-state index is 11.5. The standard InChI is InChI=1S/C17H23N5O2/c1-3-6-22-15-5-4-12(7-14(15)16(21-22)17(23)24)20-10-13-9-18-11(2)8-19-13/h8-9,12,20H,3-7,10H2,1-2H3,(H,23,24)/t12-/m1/s1. The molecule has 3 rings (SSSR count). The minimum Gasteiger partial charge on any atom is -0.476 e. The largest absolute Gasteiger partial charge is 0.476 e. The molecule has 7 nitrogen and oxygen atoms in total. The number of nitrogens with one attached hydrogen (secondary N) is 1. The van der Waals surface area contributed by atoms with Gasteiger partial charge in [-0.1, -0.05) is 6.92 Å². The van der Waals surface area contributed by atoms with Crippen molar-refractivity contribution < 1.29 is 9.90 Å². The summed E-state index contributed by atoms with van der Waals surface area (Å²) in [6.45, 7) is 5.39. The Kier molecular flexibility index (Phi) is 4.89. The average molecular weight is 329 g/mol. The van der Waals surface area contributed by atoms with Gasteiger partial charge in [-0.3, -0.25) is 14.6 Å². The molecule has 2 aromatic heterocycles. The lowest BCUT2D eigenvalue weighted by atomic mass is 9.91. The van der Waals surface area contributed by atoms with Crippen LogP contribution in [0.4, 0.5) is 0 Å². The number of hydrogen-bond acceptors (Lipinski definition) is 5. The second-order valence-corrected chi connectivity index (χ2v) is 6.27. The summed E-state index contributed by atoms with van der Waals surface area (Å²) < 4.78 is 1.88. The fourth-order valence-electron chi connectivity index (χ4n) is 3.19. The molecule has 0 radical (unpaired) electrons. The van der Waals surface area contributed by atoms with Crippen molar-refractivity contribution >= 4 is 5.97 Å². The van der Waals surface area contributed by atoms with Crippen LogP contribution in [0.15, 0.2) is 12.4 Å². The van der Waals surface area contributed by atoms with E-state index in [-0.39, 0.29) is 11.7 Å². The molecule has 0 amide bonds. The number of carboxylic acid groups (broad SMARTS) is 1. The number of hydrogen-bond donors (Lipinski definition) is 2. The van der Waals surface area contributed by atoms with Crippen LogP contribution < -0.4 is 5.32 Å². The molecule has 7 heteroatoms. The highest BCUT2D eigenvalue weighted by atomic mass is 16.4. The van der Waals surface area contributed by atoms with E-state index in [1.54, 1.807) is 12.4 Å². The minimum absolute atomic E-state index is 0.208. The van der Waals surface area contributed by atoms with Gasteiger partial charge in [0.1, 0.15) is 0 Å². The molecule has 1 atom stereocenters. The van der Waals surface area contributed by atoms with Crippen LogP contribution in [0, 0.1) is 6.92 Å². The van der Waals surface area contributed by atoms with Crippen molar-refractivity contribution in [2.75, 3.05) is 0 Å². The number of aromatic carboxylic acids is 1. The Labute approximate surface area is 141 Å². The molecule has 128 valence electrons. The van der Waals surface area contributed by atoms with Crippen molar-refractivity contribution in [3.05, 3.63) is 40.7 Å². The molecule has 2 heterocycles. The summed E-state index contributed by atoms with van der Waals surface area (Å²) in [4.78, 5) is 20.1.